The highest BCUT2D eigenvalue weighted by atomic mass is 16.6. The van der Waals surface area contributed by atoms with Crippen molar-refractivity contribution in [3.8, 4) is 0 Å². The van der Waals surface area contributed by atoms with Crippen LogP contribution in [0.15, 0.2) is 0 Å². The summed E-state index contributed by atoms with van der Waals surface area (Å²) in [5.41, 5.74) is 0. The fourth-order valence-electron chi connectivity index (χ4n) is 4.35. The summed E-state index contributed by atoms with van der Waals surface area (Å²) >= 11 is 0. The Bertz CT molecular complexity index is 501. The largest absolute Gasteiger partial charge is 0.394 e. The highest BCUT2D eigenvalue weighted by Crippen LogP contribution is 2.10. The third-order valence-electron chi connectivity index (χ3n) is 7.05. The molecule has 0 radical (unpaired) electrons. The van der Waals surface area contributed by atoms with Gasteiger partial charge in [-0.2, -0.15) is 0 Å². The topological polar surface area (TPSA) is 122 Å². The predicted molar refractivity (Wildman–Crippen MR) is 187 cm³/mol. The molecule has 0 aliphatic carbocycles. The van der Waals surface area contributed by atoms with Crippen LogP contribution in [0, 0.1) is 0 Å². The van der Waals surface area contributed by atoms with E-state index in [0.29, 0.717) is 126 Å². The monoisotopic (exact) mass is 699 g/mol. The van der Waals surface area contributed by atoms with Crippen LogP contribution in [0.1, 0.15) is 84.0 Å². The van der Waals surface area contributed by atoms with Gasteiger partial charge in [0.1, 0.15) is 0 Å². The van der Waals surface area contributed by atoms with Crippen LogP contribution in [0.25, 0.3) is 0 Å². The fourth-order valence-corrected chi connectivity index (χ4v) is 4.35. The molecule has 0 aliphatic heterocycles. The smallest absolute Gasteiger partial charge is 0.0701 e. The first-order valence-corrected chi connectivity index (χ1v) is 18.9. The van der Waals surface area contributed by atoms with Crippen LogP contribution >= 0.6 is 0 Å². The fraction of sp³-hybridized carbons (Fsp3) is 1.00. The summed E-state index contributed by atoms with van der Waals surface area (Å²) in [4.78, 5) is 0. The molecule has 0 unspecified atom stereocenters. The van der Waals surface area contributed by atoms with Gasteiger partial charge in [-0.25, -0.2) is 0 Å². The van der Waals surface area contributed by atoms with Crippen molar-refractivity contribution in [3.63, 3.8) is 0 Å². The molecule has 0 aliphatic rings. The van der Waals surface area contributed by atoms with Crippen LogP contribution in [0.3, 0.4) is 0 Å². The van der Waals surface area contributed by atoms with Gasteiger partial charge < -0.3 is 57.2 Å². The molecular formula is C36H74O12. The third kappa shape index (κ3) is 45.5. The van der Waals surface area contributed by atoms with E-state index < -0.39 is 0 Å². The summed E-state index contributed by atoms with van der Waals surface area (Å²) in [7, 11) is 0. The minimum atomic E-state index is 0.0287. The Hall–Kier alpha value is -0.480. The van der Waals surface area contributed by atoms with Crippen LogP contribution in [0.2, 0.25) is 0 Å². The molecule has 0 saturated heterocycles. The summed E-state index contributed by atoms with van der Waals surface area (Å²) in [6.45, 7) is 14.6. The van der Waals surface area contributed by atoms with Crippen LogP contribution in [-0.2, 0) is 52.1 Å². The molecule has 290 valence electrons. The van der Waals surface area contributed by atoms with E-state index in [1.165, 1.54) is 64.2 Å². The predicted octanol–water partition coefficient (Wildman–Crippen LogP) is 4.86. The molecule has 0 rings (SSSR count). The lowest BCUT2D eigenvalue weighted by molar-refractivity contribution is -0.0268. The first-order chi connectivity index (χ1) is 23.9. The summed E-state index contributed by atoms with van der Waals surface area (Å²) < 4.78 is 60.2. The van der Waals surface area contributed by atoms with Crippen LogP contribution in [0.4, 0.5) is 0 Å². The Kier molecular flexibility index (Phi) is 46.1. The van der Waals surface area contributed by atoms with E-state index in [-0.39, 0.29) is 6.61 Å². The van der Waals surface area contributed by atoms with Crippen LogP contribution < -0.4 is 0 Å². The third-order valence-corrected chi connectivity index (χ3v) is 7.05. The van der Waals surface area contributed by atoms with Crippen molar-refractivity contribution in [2.45, 2.75) is 84.0 Å². The summed E-state index contributed by atoms with van der Waals surface area (Å²) in [5.74, 6) is 0. The molecule has 1 N–H and O–H groups in total. The maximum absolute atomic E-state index is 8.58. The molecule has 0 heterocycles. The van der Waals surface area contributed by atoms with E-state index in [1.807, 2.05) is 0 Å². The molecule has 12 heteroatoms. The van der Waals surface area contributed by atoms with Gasteiger partial charge in [-0.15, -0.1) is 0 Å². The zero-order valence-corrected chi connectivity index (χ0v) is 30.7. The van der Waals surface area contributed by atoms with Gasteiger partial charge in [-0.05, 0) is 19.3 Å². The highest BCUT2D eigenvalue weighted by molar-refractivity contribution is 4.48. The van der Waals surface area contributed by atoms with E-state index in [0.717, 1.165) is 32.7 Å². The zero-order valence-electron chi connectivity index (χ0n) is 30.7. The Balaban J connectivity index is 3.04. The number of hydrogen-bond donors (Lipinski definition) is 1. The van der Waals surface area contributed by atoms with Crippen molar-refractivity contribution in [1.29, 1.82) is 0 Å². The van der Waals surface area contributed by atoms with Crippen molar-refractivity contribution < 1.29 is 57.2 Å². The Morgan fingerprint density at radius 3 is 0.688 bits per heavy atom. The van der Waals surface area contributed by atoms with Crippen molar-refractivity contribution in [2.24, 2.45) is 0 Å². The molecule has 0 aromatic carbocycles. The van der Waals surface area contributed by atoms with Gasteiger partial charge >= 0.3 is 0 Å². The summed E-state index contributed by atoms with van der Waals surface area (Å²) in [6, 6.07) is 0. The second-order valence-electron chi connectivity index (χ2n) is 11.3. The number of aliphatic hydroxyl groups is 1. The first-order valence-electron chi connectivity index (χ1n) is 18.9. The van der Waals surface area contributed by atoms with Gasteiger partial charge in [-0.3, -0.25) is 0 Å². The maximum atomic E-state index is 8.58. The highest BCUT2D eigenvalue weighted by Gasteiger charge is 1.97. The van der Waals surface area contributed by atoms with E-state index in [2.05, 4.69) is 6.92 Å². The summed E-state index contributed by atoms with van der Waals surface area (Å²) in [5, 5.41) is 8.58. The Morgan fingerprint density at radius 2 is 0.417 bits per heavy atom. The van der Waals surface area contributed by atoms with Gasteiger partial charge in [0, 0.05) is 19.8 Å². The number of hydrogen-bond acceptors (Lipinski definition) is 12. The SMILES string of the molecule is CCCCCCCCCCCCOCCCCOCCOCCOCCOCCOCCOCCOCCOCCOCCOCCO. The molecule has 48 heavy (non-hydrogen) atoms. The lowest BCUT2D eigenvalue weighted by Crippen LogP contribution is -2.15. The van der Waals surface area contributed by atoms with Gasteiger partial charge in [0.2, 0.25) is 0 Å². The van der Waals surface area contributed by atoms with Gasteiger partial charge in [0.25, 0.3) is 0 Å². The van der Waals surface area contributed by atoms with Crippen molar-refractivity contribution in [3.05, 3.63) is 0 Å². The van der Waals surface area contributed by atoms with Crippen molar-refractivity contribution in [2.75, 3.05) is 152 Å². The molecule has 0 aromatic rings. The normalized spacial score (nSPS) is 11.6. The van der Waals surface area contributed by atoms with Gasteiger partial charge in [-0.1, -0.05) is 64.7 Å². The molecule has 0 atom stereocenters. The minimum Gasteiger partial charge on any atom is -0.394 e. The molecule has 0 spiro atoms. The van der Waals surface area contributed by atoms with E-state index in [1.54, 1.807) is 0 Å². The van der Waals surface area contributed by atoms with Gasteiger partial charge in [0.05, 0.1) is 132 Å². The standard InChI is InChI=1S/C36H74O12/c1-2-3-4-5-6-7-8-9-10-11-15-38-16-12-13-17-39-19-21-41-23-25-43-27-29-45-31-33-47-35-36-48-34-32-46-30-28-44-26-24-42-22-20-40-18-14-37/h37H,2-36H2,1H3. The number of ether oxygens (including phenoxy) is 11. The Morgan fingerprint density at radius 1 is 0.229 bits per heavy atom. The zero-order chi connectivity index (χ0) is 34.5. The molecular weight excluding hydrogens is 624 g/mol. The van der Waals surface area contributed by atoms with E-state index >= 15 is 0 Å². The lowest BCUT2D eigenvalue weighted by Gasteiger charge is -2.09. The second kappa shape index (κ2) is 46.5. The summed E-state index contributed by atoms with van der Waals surface area (Å²) in [6.07, 6.45) is 15.7. The first kappa shape index (κ1) is 47.5. The molecule has 0 bridgehead atoms. The lowest BCUT2D eigenvalue weighted by atomic mass is 10.1. The maximum Gasteiger partial charge on any atom is 0.0701 e. The molecule has 0 fully saturated rings. The molecule has 12 nitrogen and oxygen atoms in total. The number of unbranched alkanes of at least 4 members (excludes halogenated alkanes) is 10. The Labute approximate surface area is 293 Å². The van der Waals surface area contributed by atoms with Crippen molar-refractivity contribution >= 4 is 0 Å². The molecule has 0 amide bonds. The van der Waals surface area contributed by atoms with Crippen molar-refractivity contribution in [1.82, 2.24) is 0 Å². The quantitative estimate of drug-likeness (QED) is 0.0875. The van der Waals surface area contributed by atoms with E-state index in [4.69, 9.17) is 57.2 Å². The van der Waals surface area contributed by atoms with Crippen LogP contribution in [0.5, 0.6) is 0 Å². The molecule has 0 aromatic heterocycles. The molecule has 0 saturated carbocycles. The van der Waals surface area contributed by atoms with Gasteiger partial charge in [0.15, 0.2) is 0 Å². The minimum absolute atomic E-state index is 0.0287. The van der Waals surface area contributed by atoms with Crippen LogP contribution in [-0.4, -0.2) is 157 Å². The number of aliphatic hydroxyl groups excluding tert-OH is 1. The second-order valence-corrected chi connectivity index (χ2v) is 11.3. The van der Waals surface area contributed by atoms with E-state index in [9.17, 15) is 0 Å². The number of rotatable bonds is 45. The average Bonchev–Trinajstić information content (AvgIpc) is 3.10. The average molecular weight is 699 g/mol.